The average Bonchev–Trinajstić information content (AvgIpc) is 2.83. The molecule has 1 unspecified atom stereocenters. The molecule has 6 nitrogen and oxygen atoms in total. The Labute approximate surface area is 225 Å². The van der Waals surface area contributed by atoms with Gasteiger partial charge in [-0.05, 0) is 103 Å². The van der Waals surface area contributed by atoms with Crippen LogP contribution < -0.4 is 9.64 Å². The van der Waals surface area contributed by atoms with Gasteiger partial charge in [0.05, 0.1) is 12.0 Å². The van der Waals surface area contributed by atoms with E-state index in [2.05, 4.69) is 41.7 Å². The third-order valence-corrected chi connectivity index (χ3v) is 7.37. The molecule has 1 aliphatic heterocycles. The van der Waals surface area contributed by atoms with E-state index in [9.17, 15) is 14.4 Å². The lowest BCUT2D eigenvalue weighted by Gasteiger charge is -2.48. The van der Waals surface area contributed by atoms with Gasteiger partial charge in [0.1, 0.15) is 11.9 Å². The van der Waals surface area contributed by atoms with Crippen LogP contribution in [0.25, 0.3) is 0 Å². The van der Waals surface area contributed by atoms with E-state index in [-0.39, 0.29) is 35.9 Å². The maximum Gasteiger partial charge on any atom is 0.308 e. The summed E-state index contributed by atoms with van der Waals surface area (Å²) in [6.45, 7) is 4.89. The number of ether oxygens (including phenoxy) is 2. The summed E-state index contributed by atoms with van der Waals surface area (Å²) in [4.78, 5) is 38.4. The molecule has 1 aliphatic carbocycles. The van der Waals surface area contributed by atoms with Gasteiger partial charge in [0.25, 0.3) is 0 Å². The van der Waals surface area contributed by atoms with Crippen molar-refractivity contribution in [2.24, 2.45) is 5.92 Å². The Morgan fingerprint density at radius 1 is 1.00 bits per heavy atom. The normalized spacial score (nSPS) is 20.1. The van der Waals surface area contributed by atoms with Gasteiger partial charge in [-0.25, -0.2) is 0 Å². The Balaban J connectivity index is 1.58. The third kappa shape index (κ3) is 6.06. The lowest BCUT2D eigenvalue weighted by Crippen LogP contribution is -2.55. The van der Waals surface area contributed by atoms with Gasteiger partial charge in [0.2, 0.25) is 5.91 Å². The summed E-state index contributed by atoms with van der Waals surface area (Å²) in [5.74, 6) is -0.413. The van der Waals surface area contributed by atoms with Crippen molar-refractivity contribution < 1.29 is 23.9 Å². The molecule has 1 saturated heterocycles. The van der Waals surface area contributed by atoms with Gasteiger partial charge in [-0.2, -0.15) is 0 Å². The van der Waals surface area contributed by atoms with Crippen LogP contribution in [0, 0.1) is 9.49 Å². The van der Waals surface area contributed by atoms with Crippen LogP contribution in [-0.4, -0.2) is 23.9 Å². The molecule has 0 aromatic heterocycles. The largest absolute Gasteiger partial charge is 0.458 e. The fraction of sp³-hybridized carbons (Fsp3) is 0.345. The number of halogens is 1. The number of anilines is 1. The zero-order valence-electron chi connectivity index (χ0n) is 20.7. The highest BCUT2D eigenvalue weighted by molar-refractivity contribution is 14.1. The van der Waals surface area contributed by atoms with E-state index < -0.39 is 0 Å². The maximum absolute atomic E-state index is 13.4. The summed E-state index contributed by atoms with van der Waals surface area (Å²) in [5.41, 5.74) is 4.21. The predicted octanol–water partition coefficient (Wildman–Crippen LogP) is 6.30. The molecule has 0 radical (unpaired) electrons. The Bertz CT molecular complexity index is 1200. The second-order valence-corrected chi connectivity index (χ2v) is 10.6. The number of nitrogens with zero attached hydrogens (tertiary/aromatic N) is 1. The van der Waals surface area contributed by atoms with Crippen molar-refractivity contribution >= 4 is 46.1 Å². The van der Waals surface area contributed by atoms with Crippen molar-refractivity contribution in [2.75, 3.05) is 4.90 Å². The molecule has 0 spiro atoms. The zero-order valence-corrected chi connectivity index (χ0v) is 22.9. The summed E-state index contributed by atoms with van der Waals surface area (Å²) in [6.07, 6.45) is 6.77. The number of rotatable bonds is 8. The van der Waals surface area contributed by atoms with Crippen LogP contribution in [0.5, 0.6) is 5.75 Å². The Morgan fingerprint density at radius 2 is 1.69 bits per heavy atom. The lowest BCUT2D eigenvalue weighted by atomic mass is 9.78. The summed E-state index contributed by atoms with van der Waals surface area (Å²) < 4.78 is 12.0. The summed E-state index contributed by atoms with van der Waals surface area (Å²) in [7, 11) is 0. The highest BCUT2D eigenvalue weighted by Crippen LogP contribution is 2.46. The highest BCUT2D eigenvalue weighted by Gasteiger charge is 2.48. The highest BCUT2D eigenvalue weighted by atomic mass is 127. The molecule has 0 N–H and O–H groups in total. The van der Waals surface area contributed by atoms with Crippen molar-refractivity contribution in [1.82, 2.24) is 0 Å². The molecule has 188 valence electrons. The number of hydrogen-bond acceptors (Lipinski definition) is 5. The second-order valence-electron chi connectivity index (χ2n) is 9.33. The molecule has 2 aromatic carbocycles. The van der Waals surface area contributed by atoms with Gasteiger partial charge < -0.3 is 14.4 Å². The van der Waals surface area contributed by atoms with Gasteiger partial charge in [-0.1, -0.05) is 29.9 Å². The summed E-state index contributed by atoms with van der Waals surface area (Å²) in [5, 5.41) is 0. The van der Waals surface area contributed by atoms with E-state index in [0.717, 1.165) is 33.2 Å². The number of benzene rings is 2. The van der Waals surface area contributed by atoms with Crippen LogP contribution in [-0.2, 0) is 19.1 Å². The van der Waals surface area contributed by atoms with Crippen LogP contribution in [0.4, 0.5) is 5.69 Å². The molecule has 1 fully saturated rings. The van der Waals surface area contributed by atoms with E-state index in [1.54, 1.807) is 12.1 Å². The minimum Gasteiger partial charge on any atom is -0.458 e. The first-order valence-electron chi connectivity index (χ1n) is 12.1. The van der Waals surface area contributed by atoms with Gasteiger partial charge in [-0.15, -0.1) is 0 Å². The molecule has 4 rings (SSSR count). The Hall–Kier alpha value is -2.94. The molecule has 7 heteroatoms. The van der Waals surface area contributed by atoms with E-state index in [0.29, 0.717) is 18.6 Å². The zero-order chi connectivity index (χ0) is 25.8. The van der Waals surface area contributed by atoms with Gasteiger partial charge in [0, 0.05) is 23.1 Å². The van der Waals surface area contributed by atoms with Crippen LogP contribution in [0.1, 0.15) is 58.1 Å². The van der Waals surface area contributed by atoms with Crippen molar-refractivity contribution in [3.8, 4) is 5.75 Å². The summed E-state index contributed by atoms with van der Waals surface area (Å²) in [6, 6.07) is 15.0. The maximum atomic E-state index is 13.4. The van der Waals surface area contributed by atoms with E-state index >= 15 is 0 Å². The molecule has 36 heavy (non-hydrogen) atoms. The topological polar surface area (TPSA) is 72.9 Å². The molecule has 0 bridgehead atoms. The molecule has 1 amide bonds. The standard InChI is InChI=1S/C29H30INO5/c1-18-4-6-21(7-5-18)27(36-20(3)33)17-16-26-28(22-8-14-25(15-9-22)35-19(2)32)31(29(26)34)24-12-10-23(30)11-13-24/h4,6,8-15,26-28H,5,7,16-17H2,1-3H3/t26?,27-,28+/m0/s1. The first-order valence-corrected chi connectivity index (χ1v) is 13.2. The van der Waals surface area contributed by atoms with Crippen molar-refractivity contribution in [1.29, 1.82) is 0 Å². The molecular weight excluding hydrogens is 569 g/mol. The number of amides is 1. The number of carbonyl (C=O) groups is 3. The van der Waals surface area contributed by atoms with Crippen LogP contribution in [0.15, 0.2) is 71.8 Å². The molecule has 3 atom stereocenters. The third-order valence-electron chi connectivity index (χ3n) is 6.65. The van der Waals surface area contributed by atoms with Crippen LogP contribution in [0.2, 0.25) is 0 Å². The van der Waals surface area contributed by atoms with Crippen LogP contribution in [0.3, 0.4) is 0 Å². The predicted molar refractivity (Wildman–Crippen MR) is 146 cm³/mol. The Kier molecular flexibility index (Phi) is 8.28. The molecule has 1 heterocycles. The van der Waals surface area contributed by atoms with Gasteiger partial charge in [0.15, 0.2) is 0 Å². The molecule has 0 saturated carbocycles. The van der Waals surface area contributed by atoms with E-state index in [1.807, 2.05) is 41.3 Å². The van der Waals surface area contributed by atoms with Gasteiger partial charge >= 0.3 is 11.9 Å². The number of hydrogen-bond donors (Lipinski definition) is 0. The lowest BCUT2D eigenvalue weighted by molar-refractivity contribution is -0.145. The first-order chi connectivity index (χ1) is 17.2. The SMILES string of the molecule is CC(=O)Oc1ccc([C@@H]2C(CC[C@H](OC(C)=O)C3=CC=C(C)CC3)C(=O)N2c2ccc(I)cc2)cc1. The summed E-state index contributed by atoms with van der Waals surface area (Å²) >= 11 is 2.25. The number of carbonyl (C=O) groups excluding carboxylic acids is 3. The second kappa shape index (κ2) is 11.4. The Morgan fingerprint density at radius 3 is 2.28 bits per heavy atom. The number of β-lactam (4-membered cyclic amide) rings is 1. The smallest absolute Gasteiger partial charge is 0.308 e. The molecule has 2 aliphatic rings. The molecule has 2 aromatic rings. The van der Waals surface area contributed by atoms with Crippen LogP contribution >= 0.6 is 22.6 Å². The van der Waals surface area contributed by atoms with Crippen molar-refractivity contribution in [3.63, 3.8) is 0 Å². The van der Waals surface area contributed by atoms with E-state index in [4.69, 9.17) is 9.47 Å². The van der Waals surface area contributed by atoms with Crippen molar-refractivity contribution in [3.05, 3.63) is 81.0 Å². The fourth-order valence-corrected chi connectivity index (χ4v) is 5.24. The monoisotopic (exact) mass is 599 g/mol. The number of allylic oxidation sites excluding steroid dienone is 3. The fourth-order valence-electron chi connectivity index (χ4n) is 4.88. The van der Waals surface area contributed by atoms with E-state index in [1.165, 1.54) is 19.4 Å². The minimum absolute atomic E-state index is 0.0557. The quantitative estimate of drug-likeness (QED) is 0.154. The molecular formula is C29H30INO5. The number of esters is 2. The van der Waals surface area contributed by atoms with Gasteiger partial charge in [-0.3, -0.25) is 14.4 Å². The average molecular weight is 599 g/mol. The van der Waals surface area contributed by atoms with Crippen molar-refractivity contribution in [2.45, 2.75) is 58.6 Å². The minimum atomic E-state index is -0.376. The first kappa shape index (κ1) is 26.1.